The number of methoxy groups -OCH3 is 1. The highest BCUT2D eigenvalue weighted by Gasteiger charge is 2.11. The Kier molecular flexibility index (Phi) is 4.01. The smallest absolute Gasteiger partial charge is 0.161 e. The molecular formula is C13H16N2O4. The minimum absolute atomic E-state index is 0.250. The number of nitrogens with zero attached hydrogens (tertiary/aromatic N) is 2. The van der Waals surface area contributed by atoms with Gasteiger partial charge in [0.05, 0.1) is 13.2 Å². The Morgan fingerprint density at radius 2 is 2.11 bits per heavy atom. The van der Waals surface area contributed by atoms with Crippen LogP contribution >= 0.6 is 0 Å². The lowest BCUT2D eigenvalue weighted by molar-refractivity contribution is 0.198. The summed E-state index contributed by atoms with van der Waals surface area (Å²) in [5, 5.41) is 16.9. The summed E-state index contributed by atoms with van der Waals surface area (Å²) in [6, 6.07) is 5.29. The van der Waals surface area contributed by atoms with Crippen molar-refractivity contribution in [2.75, 3.05) is 7.11 Å². The Balaban J connectivity index is 2.14. The second kappa shape index (κ2) is 5.71. The highest BCUT2D eigenvalue weighted by Crippen LogP contribution is 2.30. The van der Waals surface area contributed by atoms with Crippen LogP contribution in [0.5, 0.6) is 11.5 Å². The van der Waals surface area contributed by atoms with E-state index in [0.29, 0.717) is 22.9 Å². The summed E-state index contributed by atoms with van der Waals surface area (Å²) >= 11 is 0. The number of ether oxygens (including phenoxy) is 2. The van der Waals surface area contributed by atoms with E-state index in [9.17, 15) is 5.11 Å². The number of aromatic nitrogens is 2. The molecule has 2 aromatic rings. The molecule has 1 atom stereocenters. The molecule has 0 saturated carbocycles. The average Bonchev–Trinajstić information content (AvgIpc) is 2.81. The molecule has 0 aliphatic rings. The van der Waals surface area contributed by atoms with Crippen molar-refractivity contribution in [3.05, 3.63) is 35.2 Å². The standard InChI is InChI=1S/C13H16N2O4/c1-8-11(15-19-14-8)7-18-12-5-4-10(9(2)16)6-13(12)17-3/h4-6,9,16H,7H2,1-3H3/t9-/m0/s1. The number of hydrogen-bond donors (Lipinski definition) is 1. The van der Waals surface area contributed by atoms with Crippen LogP contribution < -0.4 is 9.47 Å². The molecule has 1 aromatic heterocycles. The molecule has 0 amide bonds. The second-order valence-electron chi connectivity index (χ2n) is 4.17. The Labute approximate surface area is 110 Å². The van der Waals surface area contributed by atoms with E-state index in [4.69, 9.17) is 9.47 Å². The van der Waals surface area contributed by atoms with Gasteiger partial charge < -0.3 is 14.6 Å². The maximum absolute atomic E-state index is 9.52. The molecule has 0 bridgehead atoms. The molecule has 102 valence electrons. The van der Waals surface area contributed by atoms with Crippen molar-refractivity contribution in [1.82, 2.24) is 10.3 Å². The first-order chi connectivity index (χ1) is 9.11. The van der Waals surface area contributed by atoms with E-state index < -0.39 is 6.10 Å². The normalized spacial score (nSPS) is 12.2. The van der Waals surface area contributed by atoms with E-state index in [1.165, 1.54) is 0 Å². The molecule has 0 fully saturated rings. The van der Waals surface area contributed by atoms with Crippen molar-refractivity contribution < 1.29 is 19.2 Å². The third-order valence-electron chi connectivity index (χ3n) is 2.78. The third-order valence-corrected chi connectivity index (χ3v) is 2.78. The Morgan fingerprint density at radius 1 is 1.32 bits per heavy atom. The summed E-state index contributed by atoms with van der Waals surface area (Å²) in [7, 11) is 1.55. The number of aliphatic hydroxyl groups excluding tert-OH is 1. The number of aliphatic hydroxyl groups is 1. The summed E-state index contributed by atoms with van der Waals surface area (Å²) in [6.07, 6.45) is -0.551. The molecular weight excluding hydrogens is 248 g/mol. The molecule has 19 heavy (non-hydrogen) atoms. The highest BCUT2D eigenvalue weighted by molar-refractivity contribution is 5.43. The fourth-order valence-electron chi connectivity index (χ4n) is 1.59. The number of aryl methyl sites for hydroxylation is 1. The van der Waals surface area contributed by atoms with Crippen molar-refractivity contribution in [2.45, 2.75) is 26.6 Å². The van der Waals surface area contributed by atoms with Crippen LogP contribution in [0.2, 0.25) is 0 Å². The molecule has 0 saturated heterocycles. The third kappa shape index (κ3) is 3.03. The van der Waals surface area contributed by atoms with Crippen molar-refractivity contribution in [3.8, 4) is 11.5 Å². The Bertz CT molecular complexity index is 551. The first kappa shape index (κ1) is 13.4. The van der Waals surface area contributed by atoms with Gasteiger partial charge in [-0.3, -0.25) is 0 Å². The predicted molar refractivity (Wildman–Crippen MR) is 67.0 cm³/mol. The van der Waals surface area contributed by atoms with E-state index in [1.807, 2.05) is 0 Å². The molecule has 0 aliphatic heterocycles. The minimum atomic E-state index is -0.551. The SMILES string of the molecule is COc1cc([C@H](C)O)ccc1OCc1nonc1C. The van der Waals surface area contributed by atoms with Crippen LogP contribution in [0.3, 0.4) is 0 Å². The van der Waals surface area contributed by atoms with Gasteiger partial charge in [0.25, 0.3) is 0 Å². The zero-order valence-corrected chi connectivity index (χ0v) is 11.1. The van der Waals surface area contributed by atoms with E-state index in [2.05, 4.69) is 14.9 Å². The molecule has 2 rings (SSSR count). The van der Waals surface area contributed by atoms with Crippen LogP contribution in [0.4, 0.5) is 0 Å². The van der Waals surface area contributed by atoms with Crippen molar-refractivity contribution >= 4 is 0 Å². The quantitative estimate of drug-likeness (QED) is 0.890. The summed E-state index contributed by atoms with van der Waals surface area (Å²) in [6.45, 7) is 3.74. The van der Waals surface area contributed by atoms with E-state index in [1.54, 1.807) is 39.2 Å². The summed E-state index contributed by atoms with van der Waals surface area (Å²) < 4.78 is 15.5. The van der Waals surface area contributed by atoms with E-state index >= 15 is 0 Å². The lowest BCUT2D eigenvalue weighted by Crippen LogP contribution is -2.01. The van der Waals surface area contributed by atoms with Gasteiger partial charge in [-0.1, -0.05) is 16.4 Å². The van der Waals surface area contributed by atoms with Crippen molar-refractivity contribution in [2.24, 2.45) is 0 Å². The molecule has 6 nitrogen and oxygen atoms in total. The summed E-state index contributed by atoms with van der Waals surface area (Å²) in [5.74, 6) is 1.14. The first-order valence-electron chi connectivity index (χ1n) is 5.88. The van der Waals surface area contributed by atoms with Gasteiger partial charge in [-0.25, -0.2) is 4.63 Å². The van der Waals surface area contributed by atoms with E-state index in [0.717, 1.165) is 5.56 Å². The van der Waals surface area contributed by atoms with Crippen LogP contribution in [0.1, 0.15) is 30.0 Å². The average molecular weight is 264 g/mol. The van der Waals surface area contributed by atoms with Crippen molar-refractivity contribution in [1.29, 1.82) is 0 Å². The van der Waals surface area contributed by atoms with Gasteiger partial charge >= 0.3 is 0 Å². The van der Waals surface area contributed by atoms with Gasteiger partial charge in [0.1, 0.15) is 18.0 Å². The highest BCUT2D eigenvalue weighted by atomic mass is 16.6. The zero-order chi connectivity index (χ0) is 13.8. The van der Waals surface area contributed by atoms with Crippen LogP contribution in [0.15, 0.2) is 22.8 Å². The van der Waals surface area contributed by atoms with Gasteiger partial charge in [-0.15, -0.1) is 0 Å². The summed E-state index contributed by atoms with van der Waals surface area (Å²) in [4.78, 5) is 0. The lowest BCUT2D eigenvalue weighted by Gasteiger charge is -2.12. The predicted octanol–water partition coefficient (Wildman–Crippen LogP) is 2.02. The molecule has 0 spiro atoms. The molecule has 0 aliphatic carbocycles. The topological polar surface area (TPSA) is 77.6 Å². The van der Waals surface area contributed by atoms with Gasteiger partial charge in [0, 0.05) is 0 Å². The van der Waals surface area contributed by atoms with Gasteiger partial charge in [-0.2, -0.15) is 0 Å². The first-order valence-corrected chi connectivity index (χ1v) is 5.88. The molecule has 0 unspecified atom stereocenters. The van der Waals surface area contributed by atoms with Gasteiger partial charge in [-0.05, 0) is 31.5 Å². The van der Waals surface area contributed by atoms with Crippen LogP contribution in [0.25, 0.3) is 0 Å². The zero-order valence-electron chi connectivity index (χ0n) is 11.1. The molecule has 1 N–H and O–H groups in total. The molecule has 1 heterocycles. The molecule has 1 aromatic carbocycles. The van der Waals surface area contributed by atoms with Crippen LogP contribution in [-0.2, 0) is 6.61 Å². The minimum Gasteiger partial charge on any atom is -0.493 e. The van der Waals surface area contributed by atoms with Gasteiger partial charge in [0.2, 0.25) is 0 Å². The lowest BCUT2D eigenvalue weighted by atomic mass is 10.1. The van der Waals surface area contributed by atoms with Gasteiger partial charge in [0.15, 0.2) is 11.5 Å². The largest absolute Gasteiger partial charge is 0.493 e. The Morgan fingerprint density at radius 3 is 2.68 bits per heavy atom. The second-order valence-corrected chi connectivity index (χ2v) is 4.17. The molecule has 6 heteroatoms. The van der Waals surface area contributed by atoms with Crippen LogP contribution in [-0.4, -0.2) is 22.5 Å². The van der Waals surface area contributed by atoms with Crippen LogP contribution in [0, 0.1) is 6.92 Å². The summed E-state index contributed by atoms with van der Waals surface area (Å²) in [5.41, 5.74) is 2.10. The fraction of sp³-hybridized carbons (Fsp3) is 0.385. The number of benzene rings is 1. The molecule has 0 radical (unpaired) electrons. The number of rotatable bonds is 5. The Hall–Kier alpha value is -2.08. The maximum Gasteiger partial charge on any atom is 0.161 e. The maximum atomic E-state index is 9.52. The number of hydrogen-bond acceptors (Lipinski definition) is 6. The van der Waals surface area contributed by atoms with E-state index in [-0.39, 0.29) is 6.61 Å². The fourth-order valence-corrected chi connectivity index (χ4v) is 1.59. The monoisotopic (exact) mass is 264 g/mol. The van der Waals surface area contributed by atoms with Crippen molar-refractivity contribution in [3.63, 3.8) is 0 Å².